The van der Waals surface area contributed by atoms with Gasteiger partial charge in [-0.2, -0.15) is 0 Å². The fraction of sp³-hybridized carbons (Fsp3) is 0. The number of rotatable bonds is 12. The molecule has 5 heteroatoms. The highest BCUT2D eigenvalue weighted by Gasteiger charge is 2.16. The first-order valence-corrected chi connectivity index (χ1v) is 17.3. The van der Waals surface area contributed by atoms with E-state index >= 15 is 0 Å². The van der Waals surface area contributed by atoms with Crippen LogP contribution in [0, 0.1) is 0 Å². The molecule has 0 fully saturated rings. The van der Waals surface area contributed by atoms with Crippen LogP contribution in [0.1, 0.15) is 0 Å². The SMILES string of the molecule is c1ccc(Oc2cccc(-c3ccc(Oc4ccc(-c5cccc(Oc6ccccc6)c5)cc4Oc4ccccc4)c(Oc4ccccc4)c3)c2)cc1. The summed E-state index contributed by atoms with van der Waals surface area (Å²) in [5, 5.41) is 0. The third-order valence-electron chi connectivity index (χ3n) is 8.34. The van der Waals surface area contributed by atoms with E-state index in [0.29, 0.717) is 34.5 Å². The van der Waals surface area contributed by atoms with Crippen molar-refractivity contribution in [2.75, 3.05) is 0 Å². The molecule has 0 unspecified atom stereocenters. The summed E-state index contributed by atoms with van der Waals surface area (Å²) in [7, 11) is 0. The van der Waals surface area contributed by atoms with Gasteiger partial charge in [0.1, 0.15) is 34.5 Å². The highest BCUT2D eigenvalue weighted by molar-refractivity contribution is 5.71. The number of hydrogen-bond donors (Lipinski definition) is 0. The van der Waals surface area contributed by atoms with E-state index in [1.807, 2.05) is 206 Å². The number of para-hydroxylation sites is 4. The molecule has 0 aliphatic rings. The van der Waals surface area contributed by atoms with E-state index in [1.54, 1.807) is 0 Å². The molecule has 0 spiro atoms. The minimum Gasteiger partial charge on any atom is -0.457 e. The average molecular weight is 691 g/mol. The number of benzene rings is 8. The fourth-order valence-electron chi connectivity index (χ4n) is 5.78. The van der Waals surface area contributed by atoms with Gasteiger partial charge in [0.2, 0.25) is 0 Å². The van der Waals surface area contributed by atoms with Gasteiger partial charge in [-0.15, -0.1) is 0 Å². The van der Waals surface area contributed by atoms with Gasteiger partial charge >= 0.3 is 0 Å². The molecular formula is C48H34O5. The summed E-state index contributed by atoms with van der Waals surface area (Å²) in [6, 6.07) is 66.6. The third kappa shape index (κ3) is 8.39. The maximum Gasteiger partial charge on any atom is 0.170 e. The Morgan fingerprint density at radius 1 is 0.189 bits per heavy atom. The Hall–Kier alpha value is -7.24. The van der Waals surface area contributed by atoms with Gasteiger partial charge in [0, 0.05) is 0 Å². The predicted molar refractivity (Wildman–Crippen MR) is 210 cm³/mol. The minimum absolute atomic E-state index is 0.526. The number of ether oxygens (including phenoxy) is 5. The van der Waals surface area contributed by atoms with Crippen molar-refractivity contribution in [1.29, 1.82) is 0 Å². The topological polar surface area (TPSA) is 46.2 Å². The zero-order chi connectivity index (χ0) is 35.7. The van der Waals surface area contributed by atoms with Gasteiger partial charge in [-0.25, -0.2) is 0 Å². The summed E-state index contributed by atoms with van der Waals surface area (Å²) in [5.41, 5.74) is 3.82. The lowest BCUT2D eigenvalue weighted by molar-refractivity contribution is 0.394. The van der Waals surface area contributed by atoms with E-state index in [2.05, 4.69) is 0 Å². The average Bonchev–Trinajstić information content (AvgIpc) is 3.21. The molecule has 256 valence electrons. The van der Waals surface area contributed by atoms with Crippen molar-refractivity contribution in [2.45, 2.75) is 0 Å². The van der Waals surface area contributed by atoms with Crippen LogP contribution < -0.4 is 23.7 Å². The monoisotopic (exact) mass is 690 g/mol. The van der Waals surface area contributed by atoms with E-state index in [1.165, 1.54) is 0 Å². The Labute approximate surface area is 308 Å². The first kappa shape index (κ1) is 32.9. The zero-order valence-electron chi connectivity index (χ0n) is 28.7. The van der Waals surface area contributed by atoms with Gasteiger partial charge in [0.15, 0.2) is 23.0 Å². The van der Waals surface area contributed by atoms with Crippen LogP contribution in [0.15, 0.2) is 206 Å². The van der Waals surface area contributed by atoms with Crippen LogP contribution in [0.5, 0.6) is 57.5 Å². The van der Waals surface area contributed by atoms with E-state index in [0.717, 1.165) is 45.3 Å². The highest BCUT2D eigenvalue weighted by atomic mass is 16.5. The molecule has 0 N–H and O–H groups in total. The van der Waals surface area contributed by atoms with Crippen molar-refractivity contribution in [3.8, 4) is 79.7 Å². The first-order chi connectivity index (χ1) is 26.2. The van der Waals surface area contributed by atoms with E-state index < -0.39 is 0 Å². The first-order valence-electron chi connectivity index (χ1n) is 17.3. The second-order valence-corrected chi connectivity index (χ2v) is 12.1. The van der Waals surface area contributed by atoms with E-state index in [-0.39, 0.29) is 0 Å². The van der Waals surface area contributed by atoms with Gasteiger partial charge < -0.3 is 23.7 Å². The Morgan fingerprint density at radius 3 is 0.887 bits per heavy atom. The zero-order valence-corrected chi connectivity index (χ0v) is 28.7. The molecule has 0 bridgehead atoms. The smallest absolute Gasteiger partial charge is 0.170 e. The second kappa shape index (κ2) is 15.8. The van der Waals surface area contributed by atoms with Gasteiger partial charge in [0.25, 0.3) is 0 Å². The molecule has 0 aromatic heterocycles. The van der Waals surface area contributed by atoms with Crippen LogP contribution >= 0.6 is 0 Å². The molecule has 0 radical (unpaired) electrons. The fourth-order valence-corrected chi connectivity index (χ4v) is 5.78. The molecule has 8 rings (SSSR count). The quantitative estimate of drug-likeness (QED) is 0.128. The maximum absolute atomic E-state index is 6.67. The highest BCUT2D eigenvalue weighted by Crippen LogP contribution is 2.44. The van der Waals surface area contributed by atoms with Crippen molar-refractivity contribution in [1.82, 2.24) is 0 Å². The van der Waals surface area contributed by atoms with Crippen molar-refractivity contribution in [2.24, 2.45) is 0 Å². The van der Waals surface area contributed by atoms with Crippen LogP contribution in [0.4, 0.5) is 0 Å². The van der Waals surface area contributed by atoms with Crippen LogP contribution in [-0.4, -0.2) is 0 Å². The van der Waals surface area contributed by atoms with E-state index in [9.17, 15) is 0 Å². The summed E-state index contributed by atoms with van der Waals surface area (Å²) in [4.78, 5) is 0. The van der Waals surface area contributed by atoms with Gasteiger partial charge in [-0.3, -0.25) is 0 Å². The van der Waals surface area contributed by atoms with Crippen molar-refractivity contribution in [3.63, 3.8) is 0 Å². The Kier molecular flexibility index (Phi) is 9.79. The molecule has 0 heterocycles. The normalized spacial score (nSPS) is 10.6. The summed E-state index contributed by atoms with van der Waals surface area (Å²) in [6.45, 7) is 0. The van der Waals surface area contributed by atoms with E-state index in [4.69, 9.17) is 23.7 Å². The molecular weight excluding hydrogens is 657 g/mol. The third-order valence-corrected chi connectivity index (χ3v) is 8.34. The van der Waals surface area contributed by atoms with Gasteiger partial charge in [-0.1, -0.05) is 109 Å². The molecule has 8 aromatic carbocycles. The molecule has 5 nitrogen and oxygen atoms in total. The summed E-state index contributed by atoms with van der Waals surface area (Å²) in [5.74, 6) is 6.53. The van der Waals surface area contributed by atoms with Crippen molar-refractivity contribution < 1.29 is 23.7 Å². The molecule has 0 saturated heterocycles. The van der Waals surface area contributed by atoms with Crippen LogP contribution in [0.25, 0.3) is 22.3 Å². The number of hydrogen-bond acceptors (Lipinski definition) is 5. The minimum atomic E-state index is 0.526. The summed E-state index contributed by atoms with van der Waals surface area (Å²) < 4.78 is 31.9. The van der Waals surface area contributed by atoms with Crippen LogP contribution in [-0.2, 0) is 0 Å². The van der Waals surface area contributed by atoms with Crippen LogP contribution in [0.2, 0.25) is 0 Å². The molecule has 8 aromatic rings. The van der Waals surface area contributed by atoms with Crippen molar-refractivity contribution >= 4 is 0 Å². The molecule has 53 heavy (non-hydrogen) atoms. The van der Waals surface area contributed by atoms with Gasteiger partial charge in [0.05, 0.1) is 0 Å². The standard InChI is InChI=1S/C48H34O5/c1-5-17-39(18-6-1)49-43-25-13-15-35(31-43)37-27-29-45(47(33-37)51-41-21-9-3-10-22-41)53-46-30-28-38(34-48(46)52-42-23-11-4-12-24-42)36-16-14-26-44(32-36)50-40-19-7-2-8-20-40/h1-34H. The second-order valence-electron chi connectivity index (χ2n) is 12.1. The maximum atomic E-state index is 6.67. The lowest BCUT2D eigenvalue weighted by Crippen LogP contribution is -1.95. The molecule has 0 saturated carbocycles. The summed E-state index contributed by atoms with van der Waals surface area (Å²) in [6.07, 6.45) is 0. The lowest BCUT2D eigenvalue weighted by atomic mass is 10.0. The predicted octanol–water partition coefficient (Wildman–Crippen LogP) is 14.0. The van der Waals surface area contributed by atoms with Gasteiger partial charge in [-0.05, 0) is 119 Å². The lowest BCUT2D eigenvalue weighted by Gasteiger charge is -2.17. The molecule has 0 amide bonds. The Morgan fingerprint density at radius 2 is 0.509 bits per heavy atom. The molecule has 0 aliphatic carbocycles. The Balaban J connectivity index is 1.14. The molecule has 0 aliphatic heterocycles. The van der Waals surface area contributed by atoms with Crippen molar-refractivity contribution in [3.05, 3.63) is 206 Å². The van der Waals surface area contributed by atoms with Crippen LogP contribution in [0.3, 0.4) is 0 Å². The molecule has 0 atom stereocenters. The summed E-state index contributed by atoms with van der Waals surface area (Å²) >= 11 is 0. The Bertz CT molecular complexity index is 2240. The largest absolute Gasteiger partial charge is 0.457 e.